The summed E-state index contributed by atoms with van der Waals surface area (Å²) < 4.78 is 10.6. The van der Waals surface area contributed by atoms with Crippen molar-refractivity contribution in [2.24, 2.45) is 0 Å². The van der Waals surface area contributed by atoms with Crippen LogP contribution in [0.15, 0.2) is 35.7 Å². The molecular weight excluding hydrogens is 424 g/mol. The fourth-order valence-corrected chi connectivity index (χ4v) is 5.05. The third-order valence-corrected chi connectivity index (χ3v) is 6.67. The predicted molar refractivity (Wildman–Crippen MR) is 115 cm³/mol. The number of thiazole rings is 1. The van der Waals surface area contributed by atoms with Crippen LogP contribution in [0.4, 0.5) is 10.8 Å². The number of aromatic nitrogens is 1. The first-order valence-electron chi connectivity index (χ1n) is 9.39. The van der Waals surface area contributed by atoms with Crippen LogP contribution in [-0.4, -0.2) is 41.6 Å². The molecule has 0 atom stereocenters. The largest absolute Gasteiger partial charge is 0.454 e. The van der Waals surface area contributed by atoms with Gasteiger partial charge in [-0.3, -0.25) is 19.8 Å². The third-order valence-electron chi connectivity index (χ3n) is 4.80. The van der Waals surface area contributed by atoms with E-state index in [4.69, 9.17) is 9.47 Å². The summed E-state index contributed by atoms with van der Waals surface area (Å²) in [4.78, 5) is 33.1. The molecule has 0 bridgehead atoms. The average molecular weight is 443 g/mol. The van der Waals surface area contributed by atoms with E-state index >= 15 is 0 Å². The second-order valence-corrected chi connectivity index (χ2v) is 8.93. The average Bonchev–Trinajstić information content (AvgIpc) is 3.47. The van der Waals surface area contributed by atoms with E-state index in [0.717, 1.165) is 23.5 Å². The molecule has 30 heavy (non-hydrogen) atoms. The minimum atomic E-state index is -0.143. The number of rotatable bonds is 5. The van der Waals surface area contributed by atoms with Gasteiger partial charge in [0.25, 0.3) is 5.91 Å². The number of benzene rings is 1. The van der Waals surface area contributed by atoms with E-state index in [1.165, 1.54) is 22.7 Å². The van der Waals surface area contributed by atoms with Crippen molar-refractivity contribution in [1.29, 1.82) is 0 Å². The molecule has 8 nitrogen and oxygen atoms in total. The lowest BCUT2D eigenvalue weighted by Gasteiger charge is -2.25. The van der Waals surface area contributed by atoms with Gasteiger partial charge in [-0.1, -0.05) is 6.07 Å². The van der Waals surface area contributed by atoms with Gasteiger partial charge in [-0.2, -0.15) is 0 Å². The number of carbonyl (C=O) groups is 2. The maximum absolute atomic E-state index is 12.5. The number of amides is 2. The Hall–Kier alpha value is -2.95. The maximum atomic E-state index is 12.5. The first-order chi connectivity index (χ1) is 14.6. The summed E-state index contributed by atoms with van der Waals surface area (Å²) in [5.41, 5.74) is 1.67. The van der Waals surface area contributed by atoms with Crippen molar-refractivity contribution in [3.05, 3.63) is 51.2 Å². The molecule has 10 heteroatoms. The summed E-state index contributed by atoms with van der Waals surface area (Å²) in [6.07, 6.45) is 0.748. The molecule has 0 saturated carbocycles. The van der Waals surface area contributed by atoms with Gasteiger partial charge in [-0.15, -0.1) is 22.7 Å². The highest BCUT2D eigenvalue weighted by Crippen LogP contribution is 2.34. The molecule has 0 saturated heterocycles. The van der Waals surface area contributed by atoms with Crippen molar-refractivity contribution in [2.75, 3.05) is 30.5 Å². The summed E-state index contributed by atoms with van der Waals surface area (Å²) in [5, 5.41) is 8.25. The van der Waals surface area contributed by atoms with E-state index in [9.17, 15) is 9.59 Å². The van der Waals surface area contributed by atoms with Gasteiger partial charge in [-0.05, 0) is 23.6 Å². The lowest BCUT2D eigenvalue weighted by Crippen LogP contribution is -2.36. The molecule has 154 valence electrons. The van der Waals surface area contributed by atoms with Gasteiger partial charge in [0.05, 0.1) is 17.1 Å². The van der Waals surface area contributed by atoms with Crippen molar-refractivity contribution in [2.45, 2.75) is 13.0 Å². The van der Waals surface area contributed by atoms with Crippen LogP contribution in [0.25, 0.3) is 0 Å². The Kier molecular flexibility index (Phi) is 5.11. The second-order valence-electron chi connectivity index (χ2n) is 6.90. The minimum Gasteiger partial charge on any atom is -0.454 e. The zero-order chi connectivity index (χ0) is 20.5. The van der Waals surface area contributed by atoms with Gasteiger partial charge in [-0.25, -0.2) is 4.98 Å². The highest BCUT2D eigenvalue weighted by atomic mass is 32.1. The number of thiophene rings is 1. The molecule has 0 radical (unpaired) electrons. The normalized spacial score (nSPS) is 14.9. The van der Waals surface area contributed by atoms with Crippen LogP contribution in [-0.2, 0) is 17.8 Å². The number of ether oxygens (including phenoxy) is 2. The SMILES string of the molecule is O=C(CN1CCc2nc(NC(=O)c3cccs3)sc2C1)Nc1ccc2c(c1)OCO2. The fraction of sp³-hybridized carbons (Fsp3) is 0.250. The quantitative estimate of drug-likeness (QED) is 0.631. The molecule has 0 unspecified atom stereocenters. The molecule has 3 aromatic rings. The topological polar surface area (TPSA) is 92.8 Å². The van der Waals surface area contributed by atoms with Gasteiger partial charge in [0.15, 0.2) is 16.6 Å². The zero-order valence-electron chi connectivity index (χ0n) is 15.8. The van der Waals surface area contributed by atoms with E-state index in [0.29, 0.717) is 33.7 Å². The number of nitrogens with zero attached hydrogens (tertiary/aromatic N) is 2. The van der Waals surface area contributed by atoms with Gasteiger partial charge >= 0.3 is 0 Å². The van der Waals surface area contributed by atoms with Crippen molar-refractivity contribution >= 4 is 45.3 Å². The van der Waals surface area contributed by atoms with E-state index in [1.807, 2.05) is 11.4 Å². The van der Waals surface area contributed by atoms with Crippen molar-refractivity contribution < 1.29 is 19.1 Å². The number of carbonyl (C=O) groups excluding carboxylic acids is 2. The molecule has 2 amide bonds. The Morgan fingerprint density at radius 1 is 1.17 bits per heavy atom. The van der Waals surface area contributed by atoms with Crippen molar-refractivity contribution in [3.63, 3.8) is 0 Å². The fourth-order valence-electron chi connectivity index (χ4n) is 3.38. The Bertz CT molecular complexity index is 1100. The van der Waals surface area contributed by atoms with Gasteiger partial charge in [0.1, 0.15) is 0 Å². The van der Waals surface area contributed by atoms with E-state index in [2.05, 4.69) is 20.5 Å². The highest BCUT2D eigenvalue weighted by Gasteiger charge is 2.23. The van der Waals surface area contributed by atoms with Crippen LogP contribution in [0.2, 0.25) is 0 Å². The molecule has 0 aliphatic carbocycles. The predicted octanol–water partition coefficient (Wildman–Crippen LogP) is 3.18. The second kappa shape index (κ2) is 8.05. The molecular formula is C20H18N4O4S2. The Labute approximate surface area is 180 Å². The molecule has 0 spiro atoms. The Morgan fingerprint density at radius 2 is 2.07 bits per heavy atom. The number of hydrogen-bond donors (Lipinski definition) is 2. The monoisotopic (exact) mass is 442 g/mol. The number of nitrogens with one attached hydrogen (secondary N) is 2. The maximum Gasteiger partial charge on any atom is 0.267 e. The van der Waals surface area contributed by atoms with Gasteiger partial charge in [0.2, 0.25) is 12.7 Å². The first-order valence-corrected chi connectivity index (χ1v) is 11.1. The van der Waals surface area contributed by atoms with Crippen LogP contribution in [0, 0.1) is 0 Å². The van der Waals surface area contributed by atoms with Crippen LogP contribution in [0.5, 0.6) is 11.5 Å². The Morgan fingerprint density at radius 3 is 2.93 bits per heavy atom. The van der Waals surface area contributed by atoms with Crippen molar-refractivity contribution in [3.8, 4) is 11.5 Å². The van der Waals surface area contributed by atoms with E-state index < -0.39 is 0 Å². The summed E-state index contributed by atoms with van der Waals surface area (Å²) >= 11 is 2.86. The first kappa shape index (κ1) is 19.0. The van der Waals surface area contributed by atoms with E-state index in [-0.39, 0.29) is 25.2 Å². The lowest BCUT2D eigenvalue weighted by molar-refractivity contribution is -0.117. The molecule has 2 aromatic heterocycles. The molecule has 2 aliphatic rings. The number of fused-ring (bicyclic) bond motifs is 2. The van der Waals surface area contributed by atoms with Gasteiger partial charge < -0.3 is 14.8 Å². The van der Waals surface area contributed by atoms with Crippen LogP contribution >= 0.6 is 22.7 Å². The minimum absolute atomic E-state index is 0.0898. The molecule has 4 heterocycles. The summed E-state index contributed by atoms with van der Waals surface area (Å²) in [6, 6.07) is 8.98. The van der Waals surface area contributed by atoms with Crippen molar-refractivity contribution in [1.82, 2.24) is 9.88 Å². The summed E-state index contributed by atoms with van der Waals surface area (Å²) in [6.45, 7) is 1.86. The number of hydrogen-bond acceptors (Lipinski definition) is 8. The number of anilines is 2. The van der Waals surface area contributed by atoms with Crippen LogP contribution in [0.3, 0.4) is 0 Å². The standard InChI is InChI=1S/C20H18N4O4S2/c25-18(21-12-3-4-14-15(8-12)28-11-27-14)10-24-6-5-13-17(9-24)30-20(22-13)23-19(26)16-2-1-7-29-16/h1-4,7-8H,5-6,9-11H2,(H,21,25)(H,22,23,26). The Balaban J connectivity index is 1.18. The smallest absolute Gasteiger partial charge is 0.267 e. The lowest BCUT2D eigenvalue weighted by atomic mass is 10.2. The highest BCUT2D eigenvalue weighted by molar-refractivity contribution is 7.16. The van der Waals surface area contributed by atoms with Gasteiger partial charge in [0, 0.05) is 36.1 Å². The third kappa shape index (κ3) is 4.02. The van der Waals surface area contributed by atoms with Crippen LogP contribution < -0.4 is 20.1 Å². The molecule has 2 aliphatic heterocycles. The molecule has 2 N–H and O–H groups in total. The molecule has 0 fully saturated rings. The molecule has 5 rings (SSSR count). The summed E-state index contributed by atoms with van der Waals surface area (Å²) in [5.74, 6) is 1.09. The zero-order valence-corrected chi connectivity index (χ0v) is 17.5. The van der Waals surface area contributed by atoms with E-state index in [1.54, 1.807) is 24.3 Å². The summed E-state index contributed by atoms with van der Waals surface area (Å²) in [7, 11) is 0. The van der Waals surface area contributed by atoms with Crippen LogP contribution in [0.1, 0.15) is 20.2 Å². The molecule has 1 aromatic carbocycles.